The Morgan fingerprint density at radius 3 is 2.45 bits per heavy atom. The van der Waals surface area contributed by atoms with E-state index in [0.717, 1.165) is 6.42 Å². The highest BCUT2D eigenvalue weighted by Crippen LogP contribution is 2.41. The summed E-state index contributed by atoms with van der Waals surface area (Å²) in [7, 11) is 0. The van der Waals surface area contributed by atoms with E-state index in [0.29, 0.717) is 5.92 Å². The Morgan fingerprint density at radius 1 is 1.45 bits per heavy atom. The first-order valence-corrected chi connectivity index (χ1v) is 4.31. The van der Waals surface area contributed by atoms with Gasteiger partial charge in [-0.25, -0.2) is 4.39 Å². The molecule has 0 unspecified atom stereocenters. The van der Waals surface area contributed by atoms with Crippen molar-refractivity contribution in [2.75, 3.05) is 0 Å². The number of halogens is 1. The monoisotopic (exact) mass is 156 g/mol. The zero-order valence-electron chi connectivity index (χ0n) is 7.82. The SMILES string of the molecule is C[C@@H]1C[C@H](C)C(C)(C)C=C1F. The van der Waals surface area contributed by atoms with Gasteiger partial charge in [0.05, 0.1) is 5.83 Å². The molecule has 64 valence electrons. The fraction of sp³-hybridized carbons (Fsp3) is 0.800. The van der Waals surface area contributed by atoms with Crippen LogP contribution < -0.4 is 0 Å². The minimum Gasteiger partial charge on any atom is -0.212 e. The predicted octanol–water partition coefficient (Wildman–Crippen LogP) is 3.54. The molecule has 0 saturated carbocycles. The Labute approximate surface area is 68.5 Å². The van der Waals surface area contributed by atoms with Gasteiger partial charge in [0.2, 0.25) is 0 Å². The first-order valence-electron chi connectivity index (χ1n) is 4.31. The van der Waals surface area contributed by atoms with Crippen LogP contribution in [0.5, 0.6) is 0 Å². The highest BCUT2D eigenvalue weighted by molar-refractivity contribution is 5.10. The molecular weight excluding hydrogens is 139 g/mol. The molecule has 0 fully saturated rings. The molecule has 1 aliphatic rings. The summed E-state index contributed by atoms with van der Waals surface area (Å²) in [5, 5.41) is 0. The molecule has 2 atom stereocenters. The maximum absolute atomic E-state index is 13.1. The lowest BCUT2D eigenvalue weighted by molar-refractivity contribution is 0.219. The van der Waals surface area contributed by atoms with Gasteiger partial charge in [-0.1, -0.05) is 27.7 Å². The van der Waals surface area contributed by atoms with Crippen LogP contribution >= 0.6 is 0 Å². The third kappa shape index (κ3) is 1.63. The average molecular weight is 156 g/mol. The molecule has 0 N–H and O–H groups in total. The van der Waals surface area contributed by atoms with Crippen LogP contribution in [0.25, 0.3) is 0 Å². The van der Waals surface area contributed by atoms with E-state index in [-0.39, 0.29) is 17.2 Å². The van der Waals surface area contributed by atoms with Gasteiger partial charge in [-0.3, -0.25) is 0 Å². The van der Waals surface area contributed by atoms with E-state index >= 15 is 0 Å². The Kier molecular flexibility index (Phi) is 2.08. The second-order valence-electron chi connectivity index (χ2n) is 4.39. The Bertz CT molecular complexity index is 179. The minimum absolute atomic E-state index is 0.0522. The molecule has 0 aromatic heterocycles. The fourth-order valence-corrected chi connectivity index (χ4v) is 1.59. The summed E-state index contributed by atoms with van der Waals surface area (Å²) < 4.78 is 13.1. The van der Waals surface area contributed by atoms with E-state index in [2.05, 4.69) is 20.8 Å². The molecule has 0 aromatic carbocycles. The molecule has 0 bridgehead atoms. The van der Waals surface area contributed by atoms with Crippen molar-refractivity contribution in [2.24, 2.45) is 17.3 Å². The van der Waals surface area contributed by atoms with Gasteiger partial charge < -0.3 is 0 Å². The van der Waals surface area contributed by atoms with Crippen molar-refractivity contribution in [1.29, 1.82) is 0 Å². The molecule has 11 heavy (non-hydrogen) atoms. The predicted molar refractivity (Wildman–Crippen MR) is 45.9 cm³/mol. The molecule has 1 aliphatic carbocycles. The molecule has 1 rings (SSSR count). The van der Waals surface area contributed by atoms with Crippen LogP contribution in [0.3, 0.4) is 0 Å². The van der Waals surface area contributed by atoms with Crippen molar-refractivity contribution >= 4 is 0 Å². The number of hydrogen-bond acceptors (Lipinski definition) is 0. The van der Waals surface area contributed by atoms with Crippen LogP contribution in [0.2, 0.25) is 0 Å². The highest BCUT2D eigenvalue weighted by Gasteiger charge is 2.31. The Hall–Kier alpha value is -0.330. The van der Waals surface area contributed by atoms with Gasteiger partial charge in [0.25, 0.3) is 0 Å². The third-order valence-electron chi connectivity index (χ3n) is 2.96. The fourth-order valence-electron chi connectivity index (χ4n) is 1.59. The summed E-state index contributed by atoms with van der Waals surface area (Å²) >= 11 is 0. The topological polar surface area (TPSA) is 0 Å². The van der Waals surface area contributed by atoms with Crippen molar-refractivity contribution in [3.05, 3.63) is 11.9 Å². The third-order valence-corrected chi connectivity index (χ3v) is 2.96. The van der Waals surface area contributed by atoms with E-state index in [1.807, 2.05) is 6.92 Å². The van der Waals surface area contributed by atoms with Gasteiger partial charge in [0.1, 0.15) is 0 Å². The van der Waals surface area contributed by atoms with Crippen molar-refractivity contribution in [1.82, 2.24) is 0 Å². The molecule has 0 saturated heterocycles. The van der Waals surface area contributed by atoms with Crippen LogP contribution in [0.1, 0.15) is 34.1 Å². The van der Waals surface area contributed by atoms with Crippen molar-refractivity contribution in [3.63, 3.8) is 0 Å². The van der Waals surface area contributed by atoms with Gasteiger partial charge in [-0.2, -0.15) is 0 Å². The quantitative estimate of drug-likeness (QED) is 0.503. The maximum atomic E-state index is 13.1. The molecule has 0 radical (unpaired) electrons. The summed E-state index contributed by atoms with van der Waals surface area (Å²) in [5.41, 5.74) is 0.0522. The maximum Gasteiger partial charge on any atom is 0.0993 e. The Balaban J connectivity index is 2.87. The number of allylic oxidation sites excluding steroid dienone is 2. The summed E-state index contributed by atoms with van der Waals surface area (Å²) in [6.45, 7) is 8.35. The summed E-state index contributed by atoms with van der Waals surface area (Å²) in [4.78, 5) is 0. The molecule has 0 heterocycles. The summed E-state index contributed by atoms with van der Waals surface area (Å²) in [5.74, 6) is 0.808. The van der Waals surface area contributed by atoms with Crippen LogP contribution in [0, 0.1) is 17.3 Å². The van der Waals surface area contributed by atoms with E-state index in [9.17, 15) is 4.39 Å². The molecule has 0 amide bonds. The van der Waals surface area contributed by atoms with Crippen LogP contribution in [-0.2, 0) is 0 Å². The van der Waals surface area contributed by atoms with Gasteiger partial charge in [-0.15, -0.1) is 0 Å². The molecule has 0 nitrogen and oxygen atoms in total. The van der Waals surface area contributed by atoms with Crippen molar-refractivity contribution < 1.29 is 4.39 Å². The number of hydrogen-bond donors (Lipinski definition) is 0. The first-order chi connectivity index (χ1) is 4.93. The Morgan fingerprint density at radius 2 is 2.00 bits per heavy atom. The molecular formula is C10H17F. The zero-order valence-corrected chi connectivity index (χ0v) is 7.82. The minimum atomic E-state index is 0.0522. The lowest BCUT2D eigenvalue weighted by Gasteiger charge is -2.35. The normalized spacial score (nSPS) is 36.6. The zero-order chi connectivity index (χ0) is 8.65. The molecule has 1 heteroatoms. The van der Waals surface area contributed by atoms with Gasteiger partial charge in [-0.05, 0) is 23.8 Å². The van der Waals surface area contributed by atoms with E-state index in [1.54, 1.807) is 6.08 Å². The van der Waals surface area contributed by atoms with Crippen molar-refractivity contribution in [2.45, 2.75) is 34.1 Å². The molecule has 0 aliphatic heterocycles. The lowest BCUT2D eigenvalue weighted by Crippen LogP contribution is -2.26. The first kappa shape index (κ1) is 8.76. The van der Waals surface area contributed by atoms with Gasteiger partial charge >= 0.3 is 0 Å². The van der Waals surface area contributed by atoms with E-state index < -0.39 is 0 Å². The van der Waals surface area contributed by atoms with E-state index in [4.69, 9.17) is 0 Å². The smallest absolute Gasteiger partial charge is 0.0993 e. The average Bonchev–Trinajstić information content (AvgIpc) is 1.83. The number of rotatable bonds is 0. The molecule has 0 spiro atoms. The van der Waals surface area contributed by atoms with Gasteiger partial charge in [0.15, 0.2) is 0 Å². The van der Waals surface area contributed by atoms with E-state index in [1.165, 1.54) is 0 Å². The van der Waals surface area contributed by atoms with Crippen LogP contribution in [0.15, 0.2) is 11.9 Å². The molecule has 0 aromatic rings. The largest absolute Gasteiger partial charge is 0.212 e. The summed E-state index contributed by atoms with van der Waals surface area (Å²) in [6.07, 6.45) is 2.77. The lowest BCUT2D eigenvalue weighted by atomic mass is 9.71. The van der Waals surface area contributed by atoms with Gasteiger partial charge in [0, 0.05) is 5.92 Å². The van der Waals surface area contributed by atoms with Crippen LogP contribution in [-0.4, -0.2) is 0 Å². The second-order valence-corrected chi connectivity index (χ2v) is 4.39. The highest BCUT2D eigenvalue weighted by atomic mass is 19.1. The summed E-state index contributed by atoms with van der Waals surface area (Å²) in [6, 6.07) is 0. The van der Waals surface area contributed by atoms with Crippen molar-refractivity contribution in [3.8, 4) is 0 Å². The standard InChI is InChI=1S/C10H17F/c1-7-5-8(2)10(3,4)6-9(7)11/h6-8H,5H2,1-4H3/t7-,8+/m1/s1. The second kappa shape index (κ2) is 2.62. The van der Waals surface area contributed by atoms with Crippen LogP contribution in [0.4, 0.5) is 4.39 Å².